The van der Waals surface area contributed by atoms with Crippen molar-refractivity contribution in [1.82, 2.24) is 10.6 Å². The summed E-state index contributed by atoms with van der Waals surface area (Å²) in [6, 6.07) is 0.0257. The first-order valence-corrected chi connectivity index (χ1v) is 7.07. The Balaban J connectivity index is 1.42. The van der Waals surface area contributed by atoms with Crippen LogP contribution < -0.4 is 10.6 Å². The molecule has 0 aliphatic carbocycles. The van der Waals surface area contributed by atoms with E-state index in [9.17, 15) is 4.79 Å². The van der Waals surface area contributed by atoms with Crippen LogP contribution in [-0.2, 0) is 14.3 Å². The third-order valence-electron chi connectivity index (χ3n) is 3.47. The maximum Gasteiger partial charge on any atom is 0.237 e. The highest BCUT2D eigenvalue weighted by Crippen LogP contribution is 2.11. The molecular formula is C13H24N2O3. The van der Waals surface area contributed by atoms with Crippen LogP contribution in [0.5, 0.6) is 0 Å². The molecule has 2 heterocycles. The molecule has 0 saturated carbocycles. The number of ether oxygens (including phenoxy) is 2. The molecule has 0 radical (unpaired) electrons. The van der Waals surface area contributed by atoms with Gasteiger partial charge >= 0.3 is 0 Å². The second kappa shape index (κ2) is 7.71. The van der Waals surface area contributed by atoms with Gasteiger partial charge in [-0.3, -0.25) is 4.79 Å². The first-order chi connectivity index (χ1) is 8.86. The fourth-order valence-electron chi connectivity index (χ4n) is 2.41. The Morgan fingerprint density at radius 1 is 1.39 bits per heavy atom. The van der Waals surface area contributed by atoms with Crippen LogP contribution in [0.3, 0.4) is 0 Å². The largest absolute Gasteiger partial charge is 0.379 e. The van der Waals surface area contributed by atoms with E-state index in [1.54, 1.807) is 0 Å². The summed E-state index contributed by atoms with van der Waals surface area (Å²) in [5.41, 5.74) is 0. The van der Waals surface area contributed by atoms with Gasteiger partial charge in [-0.25, -0.2) is 0 Å². The lowest BCUT2D eigenvalue weighted by Gasteiger charge is -2.12. The summed E-state index contributed by atoms with van der Waals surface area (Å²) >= 11 is 0. The van der Waals surface area contributed by atoms with Crippen LogP contribution >= 0.6 is 0 Å². The minimum atomic E-state index is 0.0257. The molecule has 2 N–H and O–H groups in total. The molecule has 0 bridgehead atoms. The molecule has 5 nitrogen and oxygen atoms in total. The molecule has 2 atom stereocenters. The van der Waals surface area contributed by atoms with Crippen molar-refractivity contribution in [2.75, 3.05) is 32.9 Å². The molecule has 104 valence electrons. The third kappa shape index (κ3) is 4.55. The lowest BCUT2D eigenvalue weighted by molar-refractivity contribution is -0.122. The maximum absolute atomic E-state index is 11.7. The van der Waals surface area contributed by atoms with Crippen molar-refractivity contribution < 1.29 is 14.3 Å². The highest BCUT2D eigenvalue weighted by atomic mass is 16.5. The van der Waals surface area contributed by atoms with E-state index < -0.39 is 0 Å². The SMILES string of the molecule is O=C(NCCCOCC1CCCO1)[C@@H]1CCCN1. The second-order valence-corrected chi connectivity index (χ2v) is 5.00. The van der Waals surface area contributed by atoms with Gasteiger partial charge in [0.2, 0.25) is 5.91 Å². The summed E-state index contributed by atoms with van der Waals surface area (Å²) in [5, 5.41) is 6.13. The van der Waals surface area contributed by atoms with Gasteiger partial charge in [0, 0.05) is 19.8 Å². The van der Waals surface area contributed by atoms with Crippen molar-refractivity contribution in [2.24, 2.45) is 0 Å². The molecule has 0 spiro atoms. The van der Waals surface area contributed by atoms with E-state index in [4.69, 9.17) is 9.47 Å². The molecule has 2 aliphatic rings. The van der Waals surface area contributed by atoms with E-state index in [0.29, 0.717) is 25.9 Å². The molecule has 18 heavy (non-hydrogen) atoms. The Morgan fingerprint density at radius 3 is 3.06 bits per heavy atom. The van der Waals surface area contributed by atoms with Gasteiger partial charge in [0.1, 0.15) is 0 Å². The van der Waals surface area contributed by atoms with E-state index in [0.717, 1.165) is 45.3 Å². The van der Waals surface area contributed by atoms with Crippen LogP contribution in [0.25, 0.3) is 0 Å². The van der Waals surface area contributed by atoms with Gasteiger partial charge in [-0.2, -0.15) is 0 Å². The summed E-state index contributed by atoms with van der Waals surface area (Å²) in [6.07, 6.45) is 5.49. The maximum atomic E-state index is 11.7. The van der Waals surface area contributed by atoms with Crippen LogP contribution in [0, 0.1) is 0 Å². The lowest BCUT2D eigenvalue weighted by atomic mass is 10.2. The summed E-state index contributed by atoms with van der Waals surface area (Å²) in [4.78, 5) is 11.7. The predicted molar refractivity (Wildman–Crippen MR) is 68.4 cm³/mol. The topological polar surface area (TPSA) is 59.6 Å². The Labute approximate surface area is 109 Å². The number of carbonyl (C=O) groups is 1. The molecule has 2 aliphatic heterocycles. The predicted octanol–water partition coefficient (Wildman–Crippen LogP) is 0.440. The van der Waals surface area contributed by atoms with Gasteiger partial charge in [-0.1, -0.05) is 0 Å². The van der Waals surface area contributed by atoms with Crippen LogP contribution in [-0.4, -0.2) is 51.0 Å². The van der Waals surface area contributed by atoms with Gasteiger partial charge in [0.15, 0.2) is 0 Å². The molecule has 2 fully saturated rings. The monoisotopic (exact) mass is 256 g/mol. The average molecular weight is 256 g/mol. The molecular weight excluding hydrogens is 232 g/mol. The standard InChI is InChI=1S/C13H24N2O3/c16-13(12-5-1-6-14-12)15-7-3-8-17-10-11-4-2-9-18-11/h11-12,14H,1-10H2,(H,15,16)/t11?,12-/m0/s1. The van der Waals surface area contributed by atoms with Crippen molar-refractivity contribution in [3.8, 4) is 0 Å². The van der Waals surface area contributed by atoms with Crippen LogP contribution in [0.15, 0.2) is 0 Å². The Bertz CT molecular complexity index is 249. The van der Waals surface area contributed by atoms with E-state index in [-0.39, 0.29) is 11.9 Å². The lowest BCUT2D eigenvalue weighted by Crippen LogP contribution is -2.40. The zero-order valence-corrected chi connectivity index (χ0v) is 11.0. The molecule has 5 heteroatoms. The third-order valence-corrected chi connectivity index (χ3v) is 3.47. The number of rotatable bonds is 7. The summed E-state index contributed by atoms with van der Waals surface area (Å²) in [7, 11) is 0. The molecule has 0 aromatic carbocycles. The van der Waals surface area contributed by atoms with Gasteiger partial charge in [-0.05, 0) is 38.6 Å². The highest BCUT2D eigenvalue weighted by Gasteiger charge is 2.21. The molecule has 2 saturated heterocycles. The van der Waals surface area contributed by atoms with Crippen molar-refractivity contribution >= 4 is 5.91 Å². The van der Waals surface area contributed by atoms with Crippen LogP contribution in [0.1, 0.15) is 32.1 Å². The minimum Gasteiger partial charge on any atom is -0.379 e. The molecule has 2 rings (SSSR count). The Kier molecular flexibility index (Phi) is 5.90. The second-order valence-electron chi connectivity index (χ2n) is 5.00. The number of carbonyl (C=O) groups excluding carboxylic acids is 1. The van der Waals surface area contributed by atoms with Crippen LogP contribution in [0.4, 0.5) is 0 Å². The van der Waals surface area contributed by atoms with Crippen molar-refractivity contribution in [3.63, 3.8) is 0 Å². The first kappa shape index (κ1) is 13.8. The van der Waals surface area contributed by atoms with E-state index in [2.05, 4.69) is 10.6 Å². The van der Waals surface area contributed by atoms with E-state index in [1.165, 1.54) is 0 Å². The molecule has 0 aromatic heterocycles. The smallest absolute Gasteiger partial charge is 0.237 e. The van der Waals surface area contributed by atoms with E-state index in [1.807, 2.05) is 0 Å². The molecule has 1 unspecified atom stereocenters. The number of hydrogen-bond acceptors (Lipinski definition) is 4. The summed E-state index contributed by atoms with van der Waals surface area (Å²) in [5.74, 6) is 0.131. The van der Waals surface area contributed by atoms with Gasteiger partial charge in [-0.15, -0.1) is 0 Å². The molecule has 0 aromatic rings. The fourth-order valence-corrected chi connectivity index (χ4v) is 2.41. The normalized spacial score (nSPS) is 27.6. The molecule has 1 amide bonds. The van der Waals surface area contributed by atoms with Crippen molar-refractivity contribution in [3.05, 3.63) is 0 Å². The number of amides is 1. The van der Waals surface area contributed by atoms with Gasteiger partial charge < -0.3 is 20.1 Å². The average Bonchev–Trinajstić information content (AvgIpc) is 3.05. The number of nitrogens with one attached hydrogen (secondary N) is 2. The zero-order valence-electron chi connectivity index (χ0n) is 11.0. The van der Waals surface area contributed by atoms with Crippen molar-refractivity contribution in [1.29, 1.82) is 0 Å². The quantitative estimate of drug-likeness (QED) is 0.649. The van der Waals surface area contributed by atoms with E-state index >= 15 is 0 Å². The van der Waals surface area contributed by atoms with Gasteiger partial charge in [0.25, 0.3) is 0 Å². The number of hydrogen-bond donors (Lipinski definition) is 2. The Hall–Kier alpha value is -0.650. The zero-order chi connectivity index (χ0) is 12.6. The highest BCUT2D eigenvalue weighted by molar-refractivity contribution is 5.81. The first-order valence-electron chi connectivity index (χ1n) is 7.07. The Morgan fingerprint density at radius 2 is 2.33 bits per heavy atom. The minimum absolute atomic E-state index is 0.0257. The van der Waals surface area contributed by atoms with Crippen LogP contribution in [0.2, 0.25) is 0 Å². The van der Waals surface area contributed by atoms with Gasteiger partial charge in [0.05, 0.1) is 18.8 Å². The van der Waals surface area contributed by atoms with Crippen molar-refractivity contribution in [2.45, 2.75) is 44.2 Å². The fraction of sp³-hybridized carbons (Fsp3) is 0.923. The summed E-state index contributed by atoms with van der Waals surface area (Å²) < 4.78 is 11.0. The summed E-state index contributed by atoms with van der Waals surface area (Å²) in [6.45, 7) is 3.92.